The van der Waals surface area contributed by atoms with Crippen LogP contribution in [0.25, 0.3) is 10.9 Å². The van der Waals surface area contributed by atoms with Crippen molar-refractivity contribution in [2.75, 3.05) is 44.6 Å². The van der Waals surface area contributed by atoms with Crippen molar-refractivity contribution in [3.8, 4) is 11.5 Å². The molecule has 0 bridgehead atoms. The molecule has 7 heteroatoms. The van der Waals surface area contributed by atoms with Crippen molar-refractivity contribution in [1.29, 1.82) is 0 Å². The molecule has 1 heterocycles. The smallest absolute Gasteiger partial charge is 0.170 e. The van der Waals surface area contributed by atoms with E-state index < -0.39 is 0 Å². The molecule has 0 fully saturated rings. The summed E-state index contributed by atoms with van der Waals surface area (Å²) in [5.41, 5.74) is 2.82. The summed E-state index contributed by atoms with van der Waals surface area (Å²) < 4.78 is 10.6. The third kappa shape index (κ3) is 4.61. The number of thiocarbonyl (C=S) groups is 1. The second kappa shape index (κ2) is 9.23. The molecule has 1 aromatic heterocycles. The molecule has 0 atom stereocenters. The van der Waals surface area contributed by atoms with Gasteiger partial charge < -0.3 is 25.0 Å². The summed E-state index contributed by atoms with van der Waals surface area (Å²) in [6.07, 6.45) is 1.75. The molecule has 3 rings (SSSR count). The molecule has 3 aromatic rings. The van der Waals surface area contributed by atoms with Crippen LogP contribution in [0.5, 0.6) is 11.5 Å². The zero-order chi connectivity index (χ0) is 19.9. The van der Waals surface area contributed by atoms with Crippen LogP contribution in [0.2, 0.25) is 0 Å². The van der Waals surface area contributed by atoms with Gasteiger partial charge in [0.05, 0.1) is 14.2 Å². The Bertz CT molecular complexity index is 947. The number of ether oxygens (including phenoxy) is 2. The van der Waals surface area contributed by atoms with Gasteiger partial charge in [0, 0.05) is 43.1 Å². The molecular weight excluding hydrogens is 372 g/mol. The molecule has 28 heavy (non-hydrogen) atoms. The summed E-state index contributed by atoms with van der Waals surface area (Å²) in [4.78, 5) is 6.56. The molecule has 0 radical (unpaired) electrons. The maximum absolute atomic E-state index is 5.45. The van der Waals surface area contributed by atoms with E-state index >= 15 is 0 Å². The minimum atomic E-state index is 0.568. The molecule has 0 aliphatic heterocycles. The van der Waals surface area contributed by atoms with Gasteiger partial charge in [0.1, 0.15) is 17.0 Å². The lowest BCUT2D eigenvalue weighted by molar-refractivity contribution is 0.415. The Balaban J connectivity index is 1.56. The van der Waals surface area contributed by atoms with Gasteiger partial charge in [-0.1, -0.05) is 0 Å². The Labute approximate surface area is 170 Å². The highest BCUT2D eigenvalue weighted by atomic mass is 32.1. The van der Waals surface area contributed by atoms with Crippen LogP contribution in [0.4, 0.5) is 11.4 Å². The number of pyridine rings is 1. The van der Waals surface area contributed by atoms with Gasteiger partial charge in [0.15, 0.2) is 5.11 Å². The van der Waals surface area contributed by atoms with Crippen LogP contribution < -0.4 is 25.0 Å². The Morgan fingerprint density at radius 3 is 2.57 bits per heavy atom. The first-order valence-corrected chi connectivity index (χ1v) is 9.35. The van der Waals surface area contributed by atoms with E-state index in [0.29, 0.717) is 11.7 Å². The summed E-state index contributed by atoms with van der Waals surface area (Å²) in [5.74, 6) is 1.59. The Hall–Kier alpha value is -3.06. The van der Waals surface area contributed by atoms with E-state index in [9.17, 15) is 0 Å². The number of nitrogens with zero attached hydrogens (tertiary/aromatic N) is 2. The largest absolute Gasteiger partial charge is 0.497 e. The van der Waals surface area contributed by atoms with E-state index in [-0.39, 0.29) is 0 Å². The molecule has 0 aliphatic carbocycles. The fourth-order valence-corrected chi connectivity index (χ4v) is 3.10. The van der Waals surface area contributed by atoms with Gasteiger partial charge in [0.2, 0.25) is 0 Å². The molecule has 0 aliphatic rings. The van der Waals surface area contributed by atoms with Crippen LogP contribution in [0.1, 0.15) is 0 Å². The zero-order valence-corrected chi connectivity index (χ0v) is 17.0. The highest BCUT2D eigenvalue weighted by molar-refractivity contribution is 7.80. The van der Waals surface area contributed by atoms with Crippen molar-refractivity contribution in [1.82, 2.24) is 10.3 Å². The fourth-order valence-electron chi connectivity index (χ4n) is 2.89. The molecule has 0 spiro atoms. The molecule has 0 saturated carbocycles. The van der Waals surface area contributed by atoms with E-state index in [4.69, 9.17) is 21.7 Å². The standard InChI is InChI=1S/C21H24N4O2S/c1-25(15-6-8-16(26-2)9-7-15)14-13-23-21(28)24-18-10-11-19(27-3)20-17(18)5-4-12-22-20/h4-12H,13-14H2,1-3H3,(H2,23,24,28). The number of aromatic nitrogens is 1. The van der Waals surface area contributed by atoms with Crippen LogP contribution in [0.3, 0.4) is 0 Å². The number of nitrogens with one attached hydrogen (secondary N) is 2. The predicted octanol–water partition coefficient (Wildman–Crippen LogP) is 3.67. The van der Waals surface area contributed by atoms with E-state index in [2.05, 4.69) is 20.5 Å². The normalized spacial score (nSPS) is 10.4. The van der Waals surface area contributed by atoms with Crippen molar-refractivity contribution < 1.29 is 9.47 Å². The molecular formula is C21H24N4O2S. The number of anilines is 2. The second-order valence-corrected chi connectivity index (χ2v) is 6.62. The first kappa shape index (κ1) is 19.7. The van der Waals surface area contributed by atoms with Gasteiger partial charge in [-0.3, -0.25) is 4.98 Å². The zero-order valence-electron chi connectivity index (χ0n) is 16.2. The number of hydrogen-bond donors (Lipinski definition) is 2. The average Bonchev–Trinajstić information content (AvgIpc) is 2.74. The number of hydrogen-bond acceptors (Lipinski definition) is 5. The quantitative estimate of drug-likeness (QED) is 0.591. The van der Waals surface area contributed by atoms with E-state index in [1.165, 1.54) is 0 Å². The van der Waals surface area contributed by atoms with E-state index in [1.54, 1.807) is 20.4 Å². The van der Waals surface area contributed by atoms with E-state index in [0.717, 1.165) is 40.3 Å². The minimum absolute atomic E-state index is 0.568. The number of benzene rings is 2. The Morgan fingerprint density at radius 1 is 1.07 bits per heavy atom. The Kier molecular flexibility index (Phi) is 6.49. The highest BCUT2D eigenvalue weighted by Gasteiger charge is 2.08. The molecule has 0 amide bonds. The van der Waals surface area contributed by atoms with Crippen molar-refractivity contribution >= 4 is 39.6 Å². The molecule has 0 unspecified atom stereocenters. The number of rotatable bonds is 7. The molecule has 146 valence electrons. The van der Waals surface area contributed by atoms with E-state index in [1.807, 2.05) is 55.6 Å². The predicted molar refractivity (Wildman–Crippen MR) is 119 cm³/mol. The summed E-state index contributed by atoms with van der Waals surface area (Å²) in [7, 11) is 5.35. The maximum atomic E-state index is 5.45. The first-order chi connectivity index (χ1) is 13.6. The third-order valence-corrected chi connectivity index (χ3v) is 4.69. The third-order valence-electron chi connectivity index (χ3n) is 4.45. The summed E-state index contributed by atoms with van der Waals surface area (Å²) in [5, 5.41) is 8.03. The van der Waals surface area contributed by atoms with Crippen LogP contribution in [0, 0.1) is 0 Å². The van der Waals surface area contributed by atoms with Gasteiger partial charge in [0.25, 0.3) is 0 Å². The summed E-state index contributed by atoms with van der Waals surface area (Å²) in [6.45, 7) is 1.51. The van der Waals surface area contributed by atoms with Crippen LogP contribution in [-0.4, -0.2) is 44.5 Å². The van der Waals surface area contributed by atoms with Gasteiger partial charge in [-0.25, -0.2) is 0 Å². The van der Waals surface area contributed by atoms with Crippen molar-refractivity contribution in [3.05, 3.63) is 54.7 Å². The minimum Gasteiger partial charge on any atom is -0.497 e. The monoisotopic (exact) mass is 396 g/mol. The summed E-state index contributed by atoms with van der Waals surface area (Å²) >= 11 is 5.45. The van der Waals surface area contributed by atoms with Gasteiger partial charge in [-0.15, -0.1) is 0 Å². The Morgan fingerprint density at radius 2 is 1.86 bits per heavy atom. The second-order valence-electron chi connectivity index (χ2n) is 6.22. The lowest BCUT2D eigenvalue weighted by Gasteiger charge is -2.20. The van der Waals surface area contributed by atoms with Crippen molar-refractivity contribution in [2.24, 2.45) is 0 Å². The number of likely N-dealkylation sites (N-methyl/N-ethyl adjacent to an activating group) is 1. The van der Waals surface area contributed by atoms with Crippen molar-refractivity contribution in [3.63, 3.8) is 0 Å². The average molecular weight is 397 g/mol. The van der Waals surface area contributed by atoms with Crippen molar-refractivity contribution in [2.45, 2.75) is 0 Å². The highest BCUT2D eigenvalue weighted by Crippen LogP contribution is 2.29. The molecule has 2 N–H and O–H groups in total. The molecule has 6 nitrogen and oxygen atoms in total. The van der Waals surface area contributed by atoms with Crippen LogP contribution in [-0.2, 0) is 0 Å². The number of fused-ring (bicyclic) bond motifs is 1. The maximum Gasteiger partial charge on any atom is 0.170 e. The fraction of sp³-hybridized carbons (Fsp3) is 0.238. The lowest BCUT2D eigenvalue weighted by Crippen LogP contribution is -2.35. The SMILES string of the molecule is COc1ccc(N(C)CCNC(=S)Nc2ccc(OC)c3ncccc23)cc1. The number of methoxy groups -OCH3 is 2. The first-order valence-electron chi connectivity index (χ1n) is 8.94. The van der Waals surface area contributed by atoms with Crippen LogP contribution >= 0.6 is 12.2 Å². The molecule has 2 aromatic carbocycles. The van der Waals surface area contributed by atoms with Crippen LogP contribution in [0.15, 0.2) is 54.7 Å². The topological polar surface area (TPSA) is 58.7 Å². The van der Waals surface area contributed by atoms with Gasteiger partial charge >= 0.3 is 0 Å². The lowest BCUT2D eigenvalue weighted by atomic mass is 10.1. The van der Waals surface area contributed by atoms with Gasteiger partial charge in [-0.05, 0) is 60.7 Å². The molecule has 0 saturated heterocycles. The van der Waals surface area contributed by atoms with Gasteiger partial charge in [-0.2, -0.15) is 0 Å². The summed E-state index contributed by atoms with van der Waals surface area (Å²) in [6, 6.07) is 15.7.